The van der Waals surface area contributed by atoms with Gasteiger partial charge in [-0.15, -0.1) is 0 Å². The van der Waals surface area contributed by atoms with Gasteiger partial charge in [-0.1, -0.05) is 31.6 Å². The summed E-state index contributed by atoms with van der Waals surface area (Å²) >= 11 is 0. The molecule has 4 heteroatoms. The minimum atomic E-state index is -0.287. The number of carbonyl (C=O) groups excluding carboxylic acids is 2. The van der Waals surface area contributed by atoms with Crippen LogP contribution < -0.4 is 0 Å². The number of amides is 3. The zero-order valence-electron chi connectivity index (χ0n) is 10.9. The first kappa shape index (κ1) is 12.7. The Hall–Kier alpha value is -1.71. The van der Waals surface area contributed by atoms with Gasteiger partial charge in [-0.05, 0) is 19.4 Å². The summed E-state index contributed by atoms with van der Waals surface area (Å²) in [5, 5.41) is 0. The van der Waals surface area contributed by atoms with Gasteiger partial charge >= 0.3 is 11.9 Å². The van der Waals surface area contributed by atoms with Crippen LogP contribution in [0.4, 0.5) is 4.79 Å². The summed E-state index contributed by atoms with van der Waals surface area (Å²) in [6.45, 7) is 5.04. The highest BCUT2D eigenvalue weighted by Crippen LogP contribution is 2.19. The Morgan fingerprint density at radius 3 is 2.72 bits per heavy atom. The zero-order valence-corrected chi connectivity index (χ0v) is 10.9. The second kappa shape index (κ2) is 5.29. The smallest absolute Gasteiger partial charge is 0.245 e. The van der Waals surface area contributed by atoms with E-state index in [0.717, 1.165) is 18.6 Å². The van der Waals surface area contributed by atoms with Crippen LogP contribution in [0, 0.1) is 5.92 Å². The molecule has 0 bridgehead atoms. The minimum absolute atomic E-state index is 0.106. The van der Waals surface area contributed by atoms with E-state index in [0.29, 0.717) is 13.1 Å². The Kier molecular flexibility index (Phi) is 3.75. The maximum absolute atomic E-state index is 12.3. The number of allylic oxidation sites excluding steroid dienone is 3. The standard InChI is InChI=1S/C14H19N2O2/c1-3-5-10-16-12-9-7-6-8-11(12)13(17)15(4-2)14(16)18/h6-9,11H,3-5,10H2,1-2H3/q+1. The Morgan fingerprint density at radius 1 is 1.28 bits per heavy atom. The first-order valence-electron chi connectivity index (χ1n) is 6.55. The van der Waals surface area contributed by atoms with Crippen LogP contribution in [0.5, 0.6) is 0 Å². The molecule has 1 heterocycles. The Morgan fingerprint density at radius 2 is 2.06 bits per heavy atom. The van der Waals surface area contributed by atoms with Crippen molar-refractivity contribution in [3.05, 3.63) is 24.3 Å². The van der Waals surface area contributed by atoms with Gasteiger partial charge in [0, 0.05) is 0 Å². The number of fused-ring (bicyclic) bond motifs is 1. The normalized spacial score (nSPS) is 22.8. The summed E-state index contributed by atoms with van der Waals surface area (Å²) in [6, 6.07) is -0.179. The fourth-order valence-corrected chi connectivity index (χ4v) is 2.35. The lowest BCUT2D eigenvalue weighted by Gasteiger charge is -2.26. The van der Waals surface area contributed by atoms with E-state index in [-0.39, 0.29) is 17.9 Å². The molecule has 0 spiro atoms. The molecule has 4 nitrogen and oxygen atoms in total. The van der Waals surface area contributed by atoms with Gasteiger partial charge in [-0.2, -0.15) is 14.3 Å². The maximum Gasteiger partial charge on any atom is 0.500 e. The molecule has 96 valence electrons. The molecule has 0 saturated heterocycles. The molecule has 0 radical (unpaired) electrons. The van der Waals surface area contributed by atoms with Crippen LogP contribution in [-0.4, -0.2) is 40.2 Å². The summed E-state index contributed by atoms with van der Waals surface area (Å²) in [5.74, 6) is -0.393. The van der Waals surface area contributed by atoms with E-state index in [9.17, 15) is 9.59 Å². The molecule has 2 aliphatic rings. The molecule has 0 aromatic carbocycles. The Bertz CT molecular complexity index is 460. The summed E-state index contributed by atoms with van der Waals surface area (Å²) in [5.41, 5.74) is 0.825. The van der Waals surface area contributed by atoms with Crippen molar-refractivity contribution in [3.8, 4) is 0 Å². The predicted octanol–water partition coefficient (Wildman–Crippen LogP) is 1.96. The van der Waals surface area contributed by atoms with Gasteiger partial charge in [0.2, 0.25) is 0 Å². The number of rotatable bonds is 4. The van der Waals surface area contributed by atoms with Crippen molar-refractivity contribution >= 4 is 17.6 Å². The lowest BCUT2D eigenvalue weighted by atomic mass is 9.94. The number of carbonyl (C=O) groups is 2. The van der Waals surface area contributed by atoms with Crippen molar-refractivity contribution in [1.29, 1.82) is 0 Å². The lowest BCUT2D eigenvalue weighted by Crippen LogP contribution is -2.54. The average molecular weight is 247 g/mol. The highest BCUT2D eigenvalue weighted by Gasteiger charge is 2.45. The number of hydrogen-bond donors (Lipinski definition) is 0. The minimum Gasteiger partial charge on any atom is -0.245 e. The van der Waals surface area contributed by atoms with E-state index in [1.54, 1.807) is 4.58 Å². The summed E-state index contributed by atoms with van der Waals surface area (Å²) in [6.07, 6.45) is 9.47. The molecule has 2 rings (SSSR count). The topological polar surface area (TPSA) is 40.4 Å². The third-order valence-corrected chi connectivity index (χ3v) is 3.36. The second-order valence-corrected chi connectivity index (χ2v) is 4.52. The van der Waals surface area contributed by atoms with Gasteiger partial charge in [0.05, 0.1) is 13.1 Å². The van der Waals surface area contributed by atoms with E-state index in [4.69, 9.17) is 0 Å². The van der Waals surface area contributed by atoms with Crippen LogP contribution in [0.3, 0.4) is 0 Å². The molecular weight excluding hydrogens is 228 g/mol. The average Bonchev–Trinajstić information content (AvgIpc) is 2.39. The van der Waals surface area contributed by atoms with Crippen molar-refractivity contribution < 1.29 is 14.2 Å². The second-order valence-electron chi connectivity index (χ2n) is 4.52. The predicted molar refractivity (Wildman–Crippen MR) is 69.6 cm³/mol. The highest BCUT2D eigenvalue weighted by atomic mass is 16.2. The summed E-state index contributed by atoms with van der Waals surface area (Å²) < 4.78 is 1.75. The number of hydrogen-bond acceptors (Lipinski definition) is 2. The molecule has 0 aromatic rings. The van der Waals surface area contributed by atoms with E-state index < -0.39 is 0 Å². The van der Waals surface area contributed by atoms with E-state index in [1.165, 1.54) is 4.90 Å². The molecule has 1 aliphatic carbocycles. The van der Waals surface area contributed by atoms with Gasteiger partial charge < -0.3 is 0 Å². The first-order chi connectivity index (χ1) is 8.70. The van der Waals surface area contributed by atoms with E-state index >= 15 is 0 Å². The fraction of sp³-hybridized carbons (Fsp3) is 0.500. The third kappa shape index (κ3) is 2.03. The van der Waals surface area contributed by atoms with Crippen molar-refractivity contribution in [2.75, 3.05) is 13.1 Å². The molecule has 0 fully saturated rings. The quantitative estimate of drug-likeness (QED) is 0.713. The zero-order chi connectivity index (χ0) is 13.1. The van der Waals surface area contributed by atoms with Gasteiger partial charge in [0.15, 0.2) is 0 Å². The molecule has 0 aromatic heterocycles. The SMILES string of the molecule is CCCC[N+]1=C2C=CC=CC2C(=O)N(CC)C1=O. The van der Waals surface area contributed by atoms with Crippen LogP contribution in [0.25, 0.3) is 0 Å². The molecule has 1 atom stereocenters. The third-order valence-electron chi connectivity index (χ3n) is 3.36. The summed E-state index contributed by atoms with van der Waals surface area (Å²) in [7, 11) is 0. The van der Waals surface area contributed by atoms with Crippen LogP contribution in [0.2, 0.25) is 0 Å². The van der Waals surface area contributed by atoms with Gasteiger partial charge in [-0.25, -0.2) is 4.79 Å². The largest absolute Gasteiger partial charge is 0.500 e. The van der Waals surface area contributed by atoms with Crippen LogP contribution in [0.1, 0.15) is 26.7 Å². The van der Waals surface area contributed by atoms with Crippen molar-refractivity contribution in [2.45, 2.75) is 26.7 Å². The van der Waals surface area contributed by atoms with Crippen LogP contribution in [-0.2, 0) is 4.79 Å². The number of nitrogens with zero attached hydrogens (tertiary/aromatic N) is 2. The fourth-order valence-electron chi connectivity index (χ4n) is 2.35. The number of urea groups is 1. The molecule has 1 aliphatic heterocycles. The first-order valence-corrected chi connectivity index (χ1v) is 6.55. The Labute approximate surface area is 107 Å². The van der Waals surface area contributed by atoms with Gasteiger partial charge in [-0.3, -0.25) is 0 Å². The number of unbranched alkanes of at least 4 members (excludes halogenated alkanes) is 1. The lowest BCUT2D eigenvalue weighted by molar-refractivity contribution is -0.440. The maximum atomic E-state index is 12.3. The monoisotopic (exact) mass is 247 g/mol. The van der Waals surface area contributed by atoms with Crippen LogP contribution in [0.15, 0.2) is 24.3 Å². The van der Waals surface area contributed by atoms with E-state index in [1.807, 2.05) is 31.2 Å². The molecule has 18 heavy (non-hydrogen) atoms. The highest BCUT2D eigenvalue weighted by molar-refractivity contribution is 6.16. The Balaban J connectivity index is 2.42. The molecule has 0 N–H and O–H groups in total. The van der Waals surface area contributed by atoms with Crippen molar-refractivity contribution in [1.82, 2.24) is 4.90 Å². The number of imide groups is 1. The van der Waals surface area contributed by atoms with Crippen LogP contribution >= 0.6 is 0 Å². The summed E-state index contributed by atoms with van der Waals surface area (Å²) in [4.78, 5) is 25.8. The van der Waals surface area contributed by atoms with Crippen molar-refractivity contribution in [3.63, 3.8) is 0 Å². The molecule has 0 saturated carbocycles. The molecular formula is C14H19N2O2+. The van der Waals surface area contributed by atoms with E-state index in [2.05, 4.69) is 6.92 Å². The van der Waals surface area contributed by atoms with Crippen molar-refractivity contribution in [2.24, 2.45) is 5.92 Å². The van der Waals surface area contributed by atoms with Gasteiger partial charge in [0.1, 0.15) is 11.6 Å². The van der Waals surface area contributed by atoms with Gasteiger partial charge in [0.25, 0.3) is 0 Å². The molecule has 3 amide bonds. The molecule has 1 unspecified atom stereocenters.